The van der Waals surface area contributed by atoms with Crippen molar-refractivity contribution in [3.63, 3.8) is 0 Å². The first-order valence-electron chi connectivity index (χ1n) is 8.21. The molecule has 2 aliphatic rings. The molecular weight excluding hydrogens is 338 g/mol. The molecule has 7 heteroatoms. The summed E-state index contributed by atoms with van der Waals surface area (Å²) in [4.78, 5) is 13.9. The normalized spacial score (nSPS) is 18.2. The number of halogens is 3. The van der Waals surface area contributed by atoms with Crippen LogP contribution in [0.3, 0.4) is 0 Å². The summed E-state index contributed by atoms with van der Waals surface area (Å²) in [6.45, 7) is 2.25. The number of nitrogens with zero attached hydrogens (tertiary/aromatic N) is 1. The number of amides is 1. The Bertz CT molecular complexity index is 562. The van der Waals surface area contributed by atoms with Crippen molar-refractivity contribution in [2.24, 2.45) is 5.92 Å². The van der Waals surface area contributed by atoms with Crippen molar-refractivity contribution < 1.29 is 18.3 Å². The maximum absolute atomic E-state index is 13.5. The molecule has 4 nitrogen and oxygen atoms in total. The molecule has 0 aromatic heterocycles. The van der Waals surface area contributed by atoms with Crippen molar-refractivity contribution in [1.82, 2.24) is 10.2 Å². The van der Waals surface area contributed by atoms with E-state index in [0.29, 0.717) is 19.1 Å². The van der Waals surface area contributed by atoms with Crippen molar-refractivity contribution in [1.29, 1.82) is 0 Å². The van der Waals surface area contributed by atoms with Gasteiger partial charge in [-0.05, 0) is 50.3 Å². The fourth-order valence-electron chi connectivity index (χ4n) is 2.81. The van der Waals surface area contributed by atoms with E-state index in [9.17, 15) is 13.6 Å². The summed E-state index contributed by atoms with van der Waals surface area (Å²) in [5.74, 6) is -0.855. The van der Waals surface area contributed by atoms with Crippen molar-refractivity contribution in [2.45, 2.75) is 31.7 Å². The molecule has 24 heavy (non-hydrogen) atoms. The third kappa shape index (κ3) is 5.31. The molecule has 1 amide bonds. The smallest absolute Gasteiger partial charge is 0.260 e. The van der Waals surface area contributed by atoms with Gasteiger partial charge in [-0.15, -0.1) is 12.4 Å². The summed E-state index contributed by atoms with van der Waals surface area (Å²) in [6.07, 6.45) is 4.54. The van der Waals surface area contributed by atoms with Gasteiger partial charge in [-0.3, -0.25) is 4.79 Å². The summed E-state index contributed by atoms with van der Waals surface area (Å²) in [5, 5.41) is 3.56. The zero-order chi connectivity index (χ0) is 16.2. The minimum atomic E-state index is -0.791. The summed E-state index contributed by atoms with van der Waals surface area (Å²) in [6, 6.07) is 3.54. The van der Waals surface area contributed by atoms with Gasteiger partial charge in [-0.25, -0.2) is 8.78 Å². The van der Waals surface area contributed by atoms with Crippen LogP contribution in [0.4, 0.5) is 8.78 Å². The van der Waals surface area contributed by atoms with Gasteiger partial charge < -0.3 is 15.0 Å². The second-order valence-corrected chi connectivity index (χ2v) is 6.37. The highest BCUT2D eigenvalue weighted by Crippen LogP contribution is 2.28. The maximum Gasteiger partial charge on any atom is 0.260 e. The third-order valence-electron chi connectivity index (χ3n) is 4.48. The number of hydrogen-bond donors (Lipinski definition) is 1. The maximum atomic E-state index is 13.5. The molecule has 3 rings (SSSR count). The van der Waals surface area contributed by atoms with Crippen LogP contribution in [0, 0.1) is 17.6 Å². The number of carbonyl (C=O) groups is 1. The minimum absolute atomic E-state index is 0. The van der Waals surface area contributed by atoms with Crippen molar-refractivity contribution in [3.05, 3.63) is 29.8 Å². The lowest BCUT2D eigenvalue weighted by Gasteiger charge is -2.32. The van der Waals surface area contributed by atoms with Crippen LogP contribution < -0.4 is 10.1 Å². The number of nitrogens with one attached hydrogen (secondary N) is 1. The van der Waals surface area contributed by atoms with E-state index in [1.807, 2.05) is 0 Å². The Balaban J connectivity index is 0.00000208. The lowest BCUT2D eigenvalue weighted by molar-refractivity contribution is -0.134. The predicted octanol–water partition coefficient (Wildman–Crippen LogP) is 2.76. The van der Waals surface area contributed by atoms with Gasteiger partial charge in [-0.2, -0.15) is 0 Å². The topological polar surface area (TPSA) is 41.6 Å². The summed E-state index contributed by atoms with van der Waals surface area (Å²) in [5.41, 5.74) is 0. The second kappa shape index (κ2) is 8.62. The quantitative estimate of drug-likeness (QED) is 0.848. The minimum Gasteiger partial charge on any atom is -0.481 e. The summed E-state index contributed by atoms with van der Waals surface area (Å²) < 4.78 is 31.4. The third-order valence-corrected chi connectivity index (χ3v) is 4.48. The lowest BCUT2D eigenvalue weighted by atomic mass is 10.0. The van der Waals surface area contributed by atoms with Gasteiger partial charge in [0.05, 0.1) is 0 Å². The molecule has 0 atom stereocenters. The molecule has 134 valence electrons. The van der Waals surface area contributed by atoms with Gasteiger partial charge in [0.25, 0.3) is 5.91 Å². The van der Waals surface area contributed by atoms with Gasteiger partial charge in [0.1, 0.15) is 5.82 Å². The van der Waals surface area contributed by atoms with E-state index in [4.69, 9.17) is 4.74 Å². The monoisotopic (exact) mass is 360 g/mol. The van der Waals surface area contributed by atoms with Gasteiger partial charge in [0, 0.05) is 25.2 Å². The zero-order valence-corrected chi connectivity index (χ0v) is 14.3. The van der Waals surface area contributed by atoms with E-state index in [1.54, 1.807) is 4.90 Å². The van der Waals surface area contributed by atoms with Crippen LogP contribution in [-0.4, -0.2) is 43.1 Å². The van der Waals surface area contributed by atoms with Crippen molar-refractivity contribution in [3.8, 4) is 5.75 Å². The highest BCUT2D eigenvalue weighted by Gasteiger charge is 2.26. The Morgan fingerprint density at radius 2 is 1.92 bits per heavy atom. The number of hydrogen-bond acceptors (Lipinski definition) is 3. The molecule has 1 saturated carbocycles. The van der Waals surface area contributed by atoms with E-state index in [-0.39, 0.29) is 30.7 Å². The van der Waals surface area contributed by atoms with E-state index in [1.165, 1.54) is 18.9 Å². The molecular formula is C17H23ClF2N2O2. The standard InChI is InChI=1S/C17H22F2N2O2.ClH/c18-13-3-4-16(15(19)9-13)23-11-17(22)21-7-5-14(6-8-21)20-10-12-1-2-12;/h3-4,9,12,14,20H,1-2,5-8,10-11H2;1H. The Kier molecular flexibility index (Phi) is 6.80. The van der Waals surface area contributed by atoms with E-state index < -0.39 is 11.6 Å². The fourth-order valence-corrected chi connectivity index (χ4v) is 2.81. The second-order valence-electron chi connectivity index (χ2n) is 6.37. The average molecular weight is 361 g/mol. The van der Waals surface area contributed by atoms with E-state index >= 15 is 0 Å². The predicted molar refractivity (Wildman–Crippen MR) is 89.4 cm³/mol. The first-order chi connectivity index (χ1) is 11.1. The molecule has 1 aromatic carbocycles. The van der Waals surface area contributed by atoms with Crippen LogP contribution in [0.25, 0.3) is 0 Å². The van der Waals surface area contributed by atoms with Crippen LogP contribution in [0.2, 0.25) is 0 Å². The molecule has 1 N–H and O–H groups in total. The Labute approximate surface area is 147 Å². The largest absolute Gasteiger partial charge is 0.481 e. The van der Waals surface area contributed by atoms with E-state index in [2.05, 4.69) is 5.32 Å². The van der Waals surface area contributed by atoms with Crippen LogP contribution in [-0.2, 0) is 4.79 Å². The average Bonchev–Trinajstić information content (AvgIpc) is 3.37. The highest BCUT2D eigenvalue weighted by molar-refractivity contribution is 5.85. The molecule has 0 bridgehead atoms. The number of ether oxygens (including phenoxy) is 1. The Morgan fingerprint density at radius 1 is 1.21 bits per heavy atom. The molecule has 2 fully saturated rings. The highest BCUT2D eigenvalue weighted by atomic mass is 35.5. The summed E-state index contributed by atoms with van der Waals surface area (Å²) >= 11 is 0. The number of carbonyl (C=O) groups excluding carboxylic acids is 1. The Hall–Kier alpha value is -1.40. The van der Waals surface area contributed by atoms with E-state index in [0.717, 1.165) is 37.4 Å². The first kappa shape index (κ1) is 18.9. The molecule has 1 heterocycles. The van der Waals surface area contributed by atoms with Crippen LogP contribution >= 0.6 is 12.4 Å². The molecule has 1 aromatic rings. The van der Waals surface area contributed by atoms with Gasteiger partial charge in [0.2, 0.25) is 0 Å². The summed E-state index contributed by atoms with van der Waals surface area (Å²) in [7, 11) is 0. The van der Waals surface area contributed by atoms with Gasteiger partial charge in [0.15, 0.2) is 18.2 Å². The number of piperidine rings is 1. The number of rotatable bonds is 6. The van der Waals surface area contributed by atoms with Gasteiger partial charge >= 0.3 is 0 Å². The molecule has 0 spiro atoms. The van der Waals surface area contributed by atoms with Gasteiger partial charge in [-0.1, -0.05) is 0 Å². The fraction of sp³-hybridized carbons (Fsp3) is 0.588. The van der Waals surface area contributed by atoms with Crippen LogP contribution in [0.15, 0.2) is 18.2 Å². The number of benzene rings is 1. The van der Waals surface area contributed by atoms with Crippen molar-refractivity contribution >= 4 is 18.3 Å². The molecule has 0 radical (unpaired) electrons. The van der Waals surface area contributed by atoms with Crippen molar-refractivity contribution in [2.75, 3.05) is 26.2 Å². The molecule has 1 aliphatic carbocycles. The van der Waals surface area contributed by atoms with Crippen LogP contribution in [0.5, 0.6) is 5.75 Å². The van der Waals surface area contributed by atoms with Crippen LogP contribution in [0.1, 0.15) is 25.7 Å². The SMILES string of the molecule is Cl.O=C(COc1ccc(F)cc1F)N1CCC(NCC2CC2)CC1. The first-order valence-corrected chi connectivity index (χ1v) is 8.21. The lowest BCUT2D eigenvalue weighted by Crippen LogP contribution is -2.46. The zero-order valence-electron chi connectivity index (χ0n) is 13.5. The molecule has 0 unspecified atom stereocenters. The molecule has 1 saturated heterocycles. The Morgan fingerprint density at radius 3 is 2.54 bits per heavy atom. The number of likely N-dealkylation sites (tertiary alicyclic amines) is 1. The molecule has 1 aliphatic heterocycles.